The molecule has 0 aromatic rings. The van der Waals surface area contributed by atoms with E-state index in [4.69, 9.17) is 9.84 Å². The first-order valence-corrected chi connectivity index (χ1v) is 3.70. The highest BCUT2D eigenvalue weighted by Crippen LogP contribution is 2.20. The van der Waals surface area contributed by atoms with Gasteiger partial charge < -0.3 is 9.84 Å². The van der Waals surface area contributed by atoms with Crippen LogP contribution in [-0.2, 0) is 4.74 Å². The highest BCUT2D eigenvalue weighted by Gasteiger charge is 2.20. The Morgan fingerprint density at radius 1 is 1.80 bits per heavy atom. The van der Waals surface area contributed by atoms with Crippen LogP contribution in [0.1, 0.15) is 19.8 Å². The molecular weight excluding hydrogens is 128 g/mol. The summed E-state index contributed by atoms with van der Waals surface area (Å²) >= 11 is 0. The van der Waals surface area contributed by atoms with E-state index in [1.165, 1.54) is 0 Å². The van der Waals surface area contributed by atoms with Gasteiger partial charge >= 0.3 is 0 Å². The minimum Gasteiger partial charge on any atom is -0.389 e. The number of hydrogen-bond acceptors (Lipinski definition) is 2. The molecule has 1 rings (SSSR count). The van der Waals surface area contributed by atoms with E-state index in [1.54, 1.807) is 6.92 Å². The second-order valence-electron chi connectivity index (χ2n) is 2.75. The quantitative estimate of drug-likeness (QED) is 0.585. The monoisotopic (exact) mass is 142 g/mol. The molecule has 1 saturated heterocycles. The lowest BCUT2D eigenvalue weighted by Crippen LogP contribution is -2.17. The first-order valence-electron chi connectivity index (χ1n) is 3.70. The van der Waals surface area contributed by atoms with Crippen molar-refractivity contribution >= 4 is 0 Å². The first kappa shape index (κ1) is 7.76. The van der Waals surface area contributed by atoms with Crippen LogP contribution in [0.25, 0.3) is 0 Å². The molecule has 0 bridgehead atoms. The number of rotatable bonds is 2. The zero-order valence-electron chi connectivity index (χ0n) is 6.34. The number of aliphatic hydroxyl groups excluding tert-OH is 1. The molecule has 58 valence electrons. The Balaban J connectivity index is 2.40. The standard InChI is InChI=1S/C8H14O2/c1-6(7(2)9)8-4-3-5-10-8/h7-9H,1,3-5H2,2H3. The molecule has 1 aliphatic rings. The van der Waals surface area contributed by atoms with Crippen molar-refractivity contribution in [2.75, 3.05) is 6.61 Å². The number of hydrogen-bond donors (Lipinski definition) is 1. The van der Waals surface area contributed by atoms with Gasteiger partial charge in [0.15, 0.2) is 0 Å². The van der Waals surface area contributed by atoms with E-state index >= 15 is 0 Å². The van der Waals surface area contributed by atoms with Gasteiger partial charge in [-0.1, -0.05) is 6.58 Å². The summed E-state index contributed by atoms with van der Waals surface area (Å²) in [5, 5.41) is 9.10. The van der Waals surface area contributed by atoms with Crippen LogP contribution in [0.15, 0.2) is 12.2 Å². The zero-order chi connectivity index (χ0) is 7.56. The van der Waals surface area contributed by atoms with Gasteiger partial charge in [-0.2, -0.15) is 0 Å². The van der Waals surface area contributed by atoms with Crippen LogP contribution >= 0.6 is 0 Å². The van der Waals surface area contributed by atoms with Crippen LogP contribution in [-0.4, -0.2) is 23.9 Å². The molecule has 0 aromatic heterocycles. The largest absolute Gasteiger partial charge is 0.389 e. The van der Waals surface area contributed by atoms with Crippen molar-refractivity contribution in [3.05, 3.63) is 12.2 Å². The van der Waals surface area contributed by atoms with Gasteiger partial charge in [0.05, 0.1) is 12.2 Å². The molecular formula is C8H14O2. The summed E-state index contributed by atoms with van der Waals surface area (Å²) in [6.45, 7) is 6.30. The van der Waals surface area contributed by atoms with Crippen LogP contribution in [0.2, 0.25) is 0 Å². The fraction of sp³-hybridized carbons (Fsp3) is 0.750. The topological polar surface area (TPSA) is 29.5 Å². The van der Waals surface area contributed by atoms with Crippen molar-refractivity contribution in [1.29, 1.82) is 0 Å². The maximum atomic E-state index is 9.10. The van der Waals surface area contributed by atoms with E-state index in [0.717, 1.165) is 25.0 Å². The van der Waals surface area contributed by atoms with E-state index in [1.807, 2.05) is 0 Å². The van der Waals surface area contributed by atoms with Crippen LogP contribution in [0, 0.1) is 0 Å². The van der Waals surface area contributed by atoms with Crippen LogP contribution in [0.3, 0.4) is 0 Å². The predicted molar refractivity (Wildman–Crippen MR) is 39.8 cm³/mol. The van der Waals surface area contributed by atoms with Gasteiger partial charge in [-0.25, -0.2) is 0 Å². The van der Waals surface area contributed by atoms with Gasteiger partial charge in [-0.3, -0.25) is 0 Å². The summed E-state index contributed by atoms with van der Waals surface area (Å²) in [5.74, 6) is 0. The van der Waals surface area contributed by atoms with Crippen molar-refractivity contribution in [3.8, 4) is 0 Å². The minimum atomic E-state index is -0.428. The van der Waals surface area contributed by atoms with Gasteiger partial charge in [0.2, 0.25) is 0 Å². The van der Waals surface area contributed by atoms with Crippen molar-refractivity contribution in [2.45, 2.75) is 32.0 Å². The average Bonchev–Trinajstić information content (AvgIpc) is 2.36. The molecule has 1 N–H and O–H groups in total. The zero-order valence-corrected chi connectivity index (χ0v) is 6.34. The molecule has 2 unspecified atom stereocenters. The van der Waals surface area contributed by atoms with Gasteiger partial charge in [0, 0.05) is 6.61 Å². The molecule has 0 aliphatic carbocycles. The fourth-order valence-corrected chi connectivity index (χ4v) is 1.14. The predicted octanol–water partition coefficient (Wildman–Crippen LogP) is 1.10. The molecule has 2 nitrogen and oxygen atoms in total. The van der Waals surface area contributed by atoms with E-state index in [0.29, 0.717) is 0 Å². The highest BCUT2D eigenvalue weighted by molar-refractivity contribution is 5.08. The van der Waals surface area contributed by atoms with Gasteiger partial charge in [0.1, 0.15) is 0 Å². The molecule has 0 radical (unpaired) electrons. The summed E-state index contributed by atoms with van der Waals surface area (Å²) in [4.78, 5) is 0. The molecule has 2 heteroatoms. The van der Waals surface area contributed by atoms with Gasteiger partial charge in [0.25, 0.3) is 0 Å². The van der Waals surface area contributed by atoms with E-state index < -0.39 is 6.10 Å². The number of ether oxygens (including phenoxy) is 1. The van der Waals surface area contributed by atoms with Crippen molar-refractivity contribution in [1.82, 2.24) is 0 Å². The second kappa shape index (κ2) is 3.17. The SMILES string of the molecule is C=C(C(C)O)C1CCCO1. The minimum absolute atomic E-state index is 0.111. The third-order valence-electron chi connectivity index (χ3n) is 1.88. The molecule has 1 fully saturated rings. The molecule has 1 aliphatic heterocycles. The maximum absolute atomic E-state index is 9.10. The molecule has 0 spiro atoms. The Kier molecular flexibility index (Phi) is 2.46. The lowest BCUT2D eigenvalue weighted by molar-refractivity contribution is 0.110. The third kappa shape index (κ3) is 1.58. The fourth-order valence-electron chi connectivity index (χ4n) is 1.14. The first-order chi connectivity index (χ1) is 4.72. The number of aliphatic hydroxyl groups is 1. The Labute approximate surface area is 61.5 Å². The molecule has 1 heterocycles. The van der Waals surface area contributed by atoms with Crippen molar-refractivity contribution in [3.63, 3.8) is 0 Å². The Hall–Kier alpha value is -0.340. The molecule has 0 amide bonds. The average molecular weight is 142 g/mol. The van der Waals surface area contributed by atoms with Crippen molar-refractivity contribution in [2.24, 2.45) is 0 Å². The van der Waals surface area contributed by atoms with E-state index in [-0.39, 0.29) is 6.10 Å². The second-order valence-corrected chi connectivity index (χ2v) is 2.75. The van der Waals surface area contributed by atoms with Crippen molar-refractivity contribution < 1.29 is 9.84 Å². The Morgan fingerprint density at radius 3 is 2.90 bits per heavy atom. The normalized spacial score (nSPS) is 28.4. The lowest BCUT2D eigenvalue weighted by atomic mass is 10.0. The Bertz CT molecular complexity index is 123. The summed E-state index contributed by atoms with van der Waals surface area (Å²) in [7, 11) is 0. The van der Waals surface area contributed by atoms with Crippen LogP contribution < -0.4 is 0 Å². The highest BCUT2D eigenvalue weighted by atomic mass is 16.5. The van der Waals surface area contributed by atoms with E-state index in [9.17, 15) is 0 Å². The smallest absolute Gasteiger partial charge is 0.0807 e. The summed E-state index contributed by atoms with van der Waals surface area (Å²) < 4.78 is 5.32. The van der Waals surface area contributed by atoms with Crippen LogP contribution in [0.4, 0.5) is 0 Å². The molecule has 0 aromatic carbocycles. The molecule has 2 atom stereocenters. The summed E-state index contributed by atoms with van der Waals surface area (Å²) in [5.41, 5.74) is 0.817. The lowest BCUT2D eigenvalue weighted by Gasteiger charge is -2.14. The van der Waals surface area contributed by atoms with E-state index in [2.05, 4.69) is 6.58 Å². The van der Waals surface area contributed by atoms with Gasteiger partial charge in [-0.15, -0.1) is 0 Å². The summed E-state index contributed by atoms with van der Waals surface area (Å²) in [6, 6.07) is 0. The molecule has 10 heavy (non-hydrogen) atoms. The van der Waals surface area contributed by atoms with Gasteiger partial charge in [-0.05, 0) is 25.3 Å². The van der Waals surface area contributed by atoms with Crippen LogP contribution in [0.5, 0.6) is 0 Å². The Morgan fingerprint density at radius 2 is 2.50 bits per heavy atom. The summed E-state index contributed by atoms with van der Waals surface area (Å²) in [6.07, 6.45) is 1.79. The third-order valence-corrected chi connectivity index (χ3v) is 1.88. The maximum Gasteiger partial charge on any atom is 0.0807 e. The molecule has 0 saturated carbocycles.